The standard InChI is InChI=1S/C17H31NO5/c1-17(2,3)23-16(21)18-10-8-14(9-11-18)13-22-12-6-4-5-7-15(19)20/h14H,4-13H2,1-3H3,(H,19,20). The van der Waals surface area contributed by atoms with Crippen LogP contribution < -0.4 is 0 Å². The SMILES string of the molecule is CC(C)(C)OC(=O)N1CCC(COCCCCCC(=O)O)CC1. The van der Waals surface area contributed by atoms with Gasteiger partial charge in [0.2, 0.25) is 0 Å². The van der Waals surface area contributed by atoms with Gasteiger partial charge in [-0.2, -0.15) is 0 Å². The van der Waals surface area contributed by atoms with Crippen LogP contribution in [0.25, 0.3) is 0 Å². The number of amides is 1. The van der Waals surface area contributed by atoms with Gasteiger partial charge in [0.25, 0.3) is 0 Å². The van der Waals surface area contributed by atoms with Crippen molar-refractivity contribution in [2.75, 3.05) is 26.3 Å². The fraction of sp³-hybridized carbons (Fsp3) is 0.882. The largest absolute Gasteiger partial charge is 0.481 e. The van der Waals surface area contributed by atoms with E-state index in [0.717, 1.165) is 45.4 Å². The van der Waals surface area contributed by atoms with Crippen molar-refractivity contribution < 1.29 is 24.2 Å². The number of carbonyl (C=O) groups excluding carboxylic acids is 1. The Hall–Kier alpha value is -1.30. The van der Waals surface area contributed by atoms with Crippen molar-refractivity contribution in [1.82, 2.24) is 4.90 Å². The zero-order valence-electron chi connectivity index (χ0n) is 14.7. The van der Waals surface area contributed by atoms with E-state index in [1.54, 1.807) is 4.90 Å². The lowest BCUT2D eigenvalue weighted by Gasteiger charge is -2.33. The molecule has 1 saturated heterocycles. The van der Waals surface area contributed by atoms with Crippen LogP contribution in [-0.4, -0.2) is 54.0 Å². The van der Waals surface area contributed by atoms with E-state index < -0.39 is 11.6 Å². The molecule has 1 aliphatic rings. The van der Waals surface area contributed by atoms with Crippen LogP contribution in [0.4, 0.5) is 4.79 Å². The van der Waals surface area contributed by atoms with Crippen molar-refractivity contribution in [3.8, 4) is 0 Å². The zero-order chi connectivity index (χ0) is 17.3. The van der Waals surface area contributed by atoms with E-state index in [9.17, 15) is 9.59 Å². The van der Waals surface area contributed by atoms with Crippen LogP contribution >= 0.6 is 0 Å². The van der Waals surface area contributed by atoms with Crippen LogP contribution in [0, 0.1) is 5.92 Å². The van der Waals surface area contributed by atoms with Crippen molar-refractivity contribution in [3.63, 3.8) is 0 Å². The minimum atomic E-state index is -0.734. The molecule has 1 N–H and O–H groups in total. The van der Waals surface area contributed by atoms with Crippen molar-refractivity contribution in [3.05, 3.63) is 0 Å². The van der Waals surface area contributed by atoms with Crippen LogP contribution in [0.2, 0.25) is 0 Å². The summed E-state index contributed by atoms with van der Waals surface area (Å²) in [4.78, 5) is 24.1. The number of carboxylic acids is 1. The number of hydrogen-bond acceptors (Lipinski definition) is 4. The quantitative estimate of drug-likeness (QED) is 0.692. The molecular formula is C17H31NO5. The number of ether oxygens (including phenoxy) is 2. The third kappa shape index (κ3) is 9.43. The summed E-state index contributed by atoms with van der Waals surface area (Å²) in [5.74, 6) is -0.240. The summed E-state index contributed by atoms with van der Waals surface area (Å²) in [5.41, 5.74) is -0.447. The first-order valence-corrected chi connectivity index (χ1v) is 8.55. The fourth-order valence-electron chi connectivity index (χ4n) is 2.52. The summed E-state index contributed by atoms with van der Waals surface area (Å²) < 4.78 is 11.1. The normalized spacial score (nSPS) is 16.4. The summed E-state index contributed by atoms with van der Waals surface area (Å²) in [6.45, 7) is 8.49. The fourth-order valence-corrected chi connectivity index (χ4v) is 2.52. The maximum atomic E-state index is 12.0. The highest BCUT2D eigenvalue weighted by Crippen LogP contribution is 2.20. The highest BCUT2D eigenvalue weighted by atomic mass is 16.6. The lowest BCUT2D eigenvalue weighted by molar-refractivity contribution is -0.137. The molecule has 0 aliphatic carbocycles. The minimum Gasteiger partial charge on any atom is -0.481 e. The van der Waals surface area contributed by atoms with Crippen LogP contribution in [0.15, 0.2) is 0 Å². The molecule has 0 atom stereocenters. The van der Waals surface area contributed by atoms with Gasteiger partial charge in [0.15, 0.2) is 0 Å². The number of aliphatic carboxylic acids is 1. The molecule has 1 heterocycles. The van der Waals surface area contributed by atoms with Gasteiger partial charge in [-0.15, -0.1) is 0 Å². The molecule has 0 saturated carbocycles. The summed E-state index contributed by atoms with van der Waals surface area (Å²) in [6, 6.07) is 0. The number of carboxylic acid groups (broad SMARTS) is 1. The van der Waals surface area contributed by atoms with E-state index in [1.807, 2.05) is 20.8 Å². The highest BCUT2D eigenvalue weighted by molar-refractivity contribution is 5.68. The molecule has 0 aromatic heterocycles. The predicted octanol–water partition coefficient (Wildman–Crippen LogP) is 3.30. The summed E-state index contributed by atoms with van der Waals surface area (Å²) in [6.07, 6.45) is 4.41. The maximum Gasteiger partial charge on any atom is 0.410 e. The third-order valence-electron chi connectivity index (χ3n) is 3.80. The first-order chi connectivity index (χ1) is 10.8. The van der Waals surface area contributed by atoms with E-state index in [2.05, 4.69) is 0 Å². The van der Waals surface area contributed by atoms with Crippen LogP contribution in [-0.2, 0) is 14.3 Å². The molecule has 0 radical (unpaired) electrons. The van der Waals surface area contributed by atoms with E-state index in [-0.39, 0.29) is 12.5 Å². The van der Waals surface area contributed by atoms with Gasteiger partial charge in [-0.3, -0.25) is 4.79 Å². The van der Waals surface area contributed by atoms with Gasteiger partial charge in [0.1, 0.15) is 5.60 Å². The summed E-state index contributed by atoms with van der Waals surface area (Å²) >= 11 is 0. The zero-order valence-corrected chi connectivity index (χ0v) is 14.7. The molecule has 1 rings (SSSR count). The minimum absolute atomic E-state index is 0.227. The number of unbranched alkanes of at least 4 members (excludes halogenated alkanes) is 2. The number of rotatable bonds is 8. The Morgan fingerprint density at radius 2 is 1.78 bits per heavy atom. The van der Waals surface area contributed by atoms with Gasteiger partial charge >= 0.3 is 12.1 Å². The van der Waals surface area contributed by atoms with E-state index >= 15 is 0 Å². The van der Waals surface area contributed by atoms with Gasteiger partial charge in [-0.25, -0.2) is 4.79 Å². The smallest absolute Gasteiger partial charge is 0.410 e. The number of likely N-dealkylation sites (tertiary alicyclic amines) is 1. The summed E-state index contributed by atoms with van der Waals surface area (Å²) in [5, 5.41) is 8.54. The molecule has 0 spiro atoms. The Balaban J connectivity index is 2.06. The molecule has 6 nitrogen and oxygen atoms in total. The van der Waals surface area contributed by atoms with Crippen LogP contribution in [0.3, 0.4) is 0 Å². The van der Waals surface area contributed by atoms with Crippen molar-refractivity contribution in [2.45, 2.75) is 64.9 Å². The van der Waals surface area contributed by atoms with Crippen LogP contribution in [0.5, 0.6) is 0 Å². The monoisotopic (exact) mass is 329 g/mol. The highest BCUT2D eigenvalue weighted by Gasteiger charge is 2.26. The Morgan fingerprint density at radius 3 is 2.35 bits per heavy atom. The lowest BCUT2D eigenvalue weighted by Crippen LogP contribution is -2.42. The Labute approximate surface area is 139 Å². The van der Waals surface area contributed by atoms with Crippen molar-refractivity contribution in [2.24, 2.45) is 5.92 Å². The molecule has 0 unspecified atom stereocenters. The molecule has 0 bridgehead atoms. The van der Waals surface area contributed by atoms with Gasteiger partial charge in [-0.1, -0.05) is 6.42 Å². The Kier molecular flexibility index (Phi) is 8.37. The molecular weight excluding hydrogens is 298 g/mol. The Morgan fingerprint density at radius 1 is 1.13 bits per heavy atom. The van der Waals surface area contributed by atoms with Crippen LogP contribution in [0.1, 0.15) is 59.3 Å². The number of piperidine rings is 1. The van der Waals surface area contributed by atoms with E-state index in [4.69, 9.17) is 14.6 Å². The molecule has 1 fully saturated rings. The second-order valence-corrected chi connectivity index (χ2v) is 7.19. The van der Waals surface area contributed by atoms with E-state index in [1.165, 1.54) is 0 Å². The molecule has 0 aromatic carbocycles. The topological polar surface area (TPSA) is 76.1 Å². The average molecular weight is 329 g/mol. The van der Waals surface area contributed by atoms with Gasteiger partial charge < -0.3 is 19.5 Å². The molecule has 0 aromatic rings. The maximum absolute atomic E-state index is 12.0. The van der Waals surface area contributed by atoms with Crippen molar-refractivity contribution in [1.29, 1.82) is 0 Å². The number of nitrogens with zero attached hydrogens (tertiary/aromatic N) is 1. The summed E-state index contributed by atoms with van der Waals surface area (Å²) in [7, 11) is 0. The van der Waals surface area contributed by atoms with Gasteiger partial charge in [-0.05, 0) is 52.4 Å². The predicted molar refractivity (Wildman–Crippen MR) is 87.5 cm³/mol. The second kappa shape index (κ2) is 9.75. The first-order valence-electron chi connectivity index (χ1n) is 8.55. The first kappa shape index (κ1) is 19.7. The average Bonchev–Trinajstić information content (AvgIpc) is 2.44. The Bertz CT molecular complexity index is 370. The number of carbonyl (C=O) groups is 2. The lowest BCUT2D eigenvalue weighted by atomic mass is 9.98. The molecule has 1 amide bonds. The molecule has 134 valence electrons. The molecule has 1 aliphatic heterocycles. The third-order valence-corrected chi connectivity index (χ3v) is 3.80. The second-order valence-electron chi connectivity index (χ2n) is 7.19. The molecule has 23 heavy (non-hydrogen) atoms. The van der Waals surface area contributed by atoms with Gasteiger partial charge in [0.05, 0.1) is 0 Å². The number of hydrogen-bond donors (Lipinski definition) is 1. The molecule has 6 heteroatoms. The van der Waals surface area contributed by atoms with Gasteiger partial charge in [0, 0.05) is 32.7 Å². The van der Waals surface area contributed by atoms with Crippen molar-refractivity contribution >= 4 is 12.1 Å². The van der Waals surface area contributed by atoms with E-state index in [0.29, 0.717) is 18.9 Å².